The molecule has 1 saturated heterocycles. The Balaban J connectivity index is 1.84. The van der Waals surface area contributed by atoms with E-state index >= 15 is 0 Å². The van der Waals surface area contributed by atoms with Crippen LogP contribution in [0.15, 0.2) is 18.2 Å². The molecule has 0 radical (unpaired) electrons. The second-order valence-electron chi connectivity index (χ2n) is 4.54. The van der Waals surface area contributed by atoms with Crippen molar-refractivity contribution in [2.24, 2.45) is 0 Å². The van der Waals surface area contributed by atoms with Gasteiger partial charge in [0.2, 0.25) is 0 Å². The van der Waals surface area contributed by atoms with Crippen LogP contribution in [-0.4, -0.2) is 19.2 Å². The molecule has 1 atom stereocenters. The first-order valence-electron chi connectivity index (χ1n) is 6.35. The molecular weight excluding hydrogens is 231 g/mol. The van der Waals surface area contributed by atoms with Crippen LogP contribution >= 0.6 is 0 Å². The van der Waals surface area contributed by atoms with E-state index in [2.05, 4.69) is 5.32 Å². The van der Waals surface area contributed by atoms with Crippen LogP contribution in [-0.2, 0) is 0 Å². The molecule has 2 rings (SSSR count). The highest BCUT2D eigenvalue weighted by Gasteiger charge is 2.12. The van der Waals surface area contributed by atoms with E-state index in [1.807, 2.05) is 6.07 Å². The van der Waals surface area contributed by atoms with Crippen LogP contribution in [0.1, 0.15) is 31.2 Å². The highest BCUT2D eigenvalue weighted by molar-refractivity contribution is 5.42. The van der Waals surface area contributed by atoms with Crippen LogP contribution in [0.2, 0.25) is 0 Å². The van der Waals surface area contributed by atoms with Crippen molar-refractivity contribution >= 4 is 0 Å². The summed E-state index contributed by atoms with van der Waals surface area (Å²) in [6.45, 7) is 1.63. The zero-order valence-corrected chi connectivity index (χ0v) is 10.3. The van der Waals surface area contributed by atoms with Crippen LogP contribution in [0.5, 0.6) is 5.75 Å². The topological polar surface area (TPSA) is 45.0 Å². The van der Waals surface area contributed by atoms with E-state index < -0.39 is 5.82 Å². The first-order chi connectivity index (χ1) is 8.79. The van der Waals surface area contributed by atoms with Gasteiger partial charge < -0.3 is 10.1 Å². The first kappa shape index (κ1) is 12.8. The average Bonchev–Trinajstić information content (AvgIpc) is 2.41. The van der Waals surface area contributed by atoms with Crippen LogP contribution in [0, 0.1) is 17.1 Å². The van der Waals surface area contributed by atoms with Gasteiger partial charge in [0.25, 0.3) is 0 Å². The largest absolute Gasteiger partial charge is 0.492 e. The minimum atomic E-state index is -0.409. The van der Waals surface area contributed by atoms with Crippen molar-refractivity contribution in [2.45, 2.75) is 31.7 Å². The Kier molecular flexibility index (Phi) is 4.54. The molecule has 0 amide bonds. The zero-order chi connectivity index (χ0) is 12.8. The molecule has 3 nitrogen and oxygen atoms in total. The molecule has 4 heteroatoms. The number of hydrogen-bond acceptors (Lipinski definition) is 3. The van der Waals surface area contributed by atoms with Gasteiger partial charge in [0.15, 0.2) is 0 Å². The number of benzene rings is 1. The average molecular weight is 248 g/mol. The normalized spacial score (nSPS) is 19.2. The molecule has 0 bridgehead atoms. The molecule has 1 aliphatic heterocycles. The second-order valence-corrected chi connectivity index (χ2v) is 4.54. The molecule has 1 aromatic carbocycles. The van der Waals surface area contributed by atoms with Crippen molar-refractivity contribution in [3.63, 3.8) is 0 Å². The quantitative estimate of drug-likeness (QED) is 0.890. The van der Waals surface area contributed by atoms with E-state index in [-0.39, 0.29) is 5.56 Å². The molecule has 1 unspecified atom stereocenters. The molecule has 18 heavy (non-hydrogen) atoms. The molecule has 1 N–H and O–H groups in total. The molecule has 1 aromatic rings. The third-order valence-corrected chi connectivity index (χ3v) is 3.20. The highest BCUT2D eigenvalue weighted by atomic mass is 19.1. The van der Waals surface area contributed by atoms with Crippen molar-refractivity contribution < 1.29 is 9.13 Å². The lowest BCUT2D eigenvalue weighted by atomic mass is 10.0. The number of nitrogens with zero attached hydrogens (tertiary/aromatic N) is 1. The maximum absolute atomic E-state index is 12.9. The summed E-state index contributed by atoms with van der Waals surface area (Å²) >= 11 is 0. The Labute approximate surface area is 107 Å². The summed E-state index contributed by atoms with van der Waals surface area (Å²) in [6.07, 6.45) is 4.60. The summed E-state index contributed by atoms with van der Waals surface area (Å²) in [5.74, 6) is 0.0579. The third-order valence-electron chi connectivity index (χ3n) is 3.20. The van der Waals surface area contributed by atoms with Gasteiger partial charge in [-0.05, 0) is 44.0 Å². The number of rotatable bonds is 4. The molecule has 96 valence electrons. The Hall–Kier alpha value is -1.60. The fourth-order valence-electron chi connectivity index (χ4n) is 2.20. The molecule has 0 aromatic heterocycles. The van der Waals surface area contributed by atoms with Gasteiger partial charge >= 0.3 is 0 Å². The standard InChI is InChI=1S/C14H17FN2O/c15-12-4-5-14(11(9-12)10-16)18-8-6-13-3-1-2-7-17-13/h4-5,9,13,17H,1-3,6-8H2. The van der Waals surface area contributed by atoms with Crippen molar-refractivity contribution in [1.82, 2.24) is 5.32 Å². The van der Waals surface area contributed by atoms with Gasteiger partial charge in [0.1, 0.15) is 17.6 Å². The minimum Gasteiger partial charge on any atom is -0.492 e. The number of hydrogen-bond donors (Lipinski definition) is 1. The fourth-order valence-corrected chi connectivity index (χ4v) is 2.20. The van der Waals surface area contributed by atoms with Gasteiger partial charge in [0.05, 0.1) is 12.2 Å². The van der Waals surface area contributed by atoms with E-state index in [4.69, 9.17) is 10.00 Å². The van der Waals surface area contributed by atoms with Crippen LogP contribution < -0.4 is 10.1 Å². The summed E-state index contributed by atoms with van der Waals surface area (Å²) in [5, 5.41) is 12.3. The van der Waals surface area contributed by atoms with E-state index in [1.54, 1.807) is 0 Å². The Bertz CT molecular complexity index is 436. The Morgan fingerprint density at radius 2 is 2.33 bits per heavy atom. The van der Waals surface area contributed by atoms with Crippen LogP contribution in [0.3, 0.4) is 0 Å². The van der Waals surface area contributed by atoms with E-state index in [1.165, 1.54) is 37.5 Å². The molecular formula is C14H17FN2O. The lowest BCUT2D eigenvalue weighted by molar-refractivity contribution is 0.267. The molecule has 1 fully saturated rings. The number of piperidine rings is 1. The molecule has 1 aliphatic rings. The third kappa shape index (κ3) is 3.44. The monoisotopic (exact) mass is 248 g/mol. The first-order valence-corrected chi connectivity index (χ1v) is 6.35. The SMILES string of the molecule is N#Cc1cc(F)ccc1OCCC1CCCCN1. The lowest BCUT2D eigenvalue weighted by Gasteiger charge is -2.23. The van der Waals surface area contributed by atoms with Gasteiger partial charge in [-0.2, -0.15) is 5.26 Å². The Morgan fingerprint density at radius 3 is 3.06 bits per heavy atom. The number of nitrogens with one attached hydrogen (secondary N) is 1. The van der Waals surface area contributed by atoms with Crippen LogP contribution in [0.25, 0.3) is 0 Å². The maximum atomic E-state index is 12.9. The summed E-state index contributed by atoms with van der Waals surface area (Å²) in [5.41, 5.74) is 0.256. The lowest BCUT2D eigenvalue weighted by Crippen LogP contribution is -2.35. The predicted molar refractivity (Wildman–Crippen MR) is 66.9 cm³/mol. The van der Waals surface area contributed by atoms with Gasteiger partial charge in [-0.1, -0.05) is 6.42 Å². The summed E-state index contributed by atoms with van der Waals surface area (Å²) in [6, 6.07) is 6.48. The maximum Gasteiger partial charge on any atom is 0.137 e. The van der Waals surface area contributed by atoms with Gasteiger partial charge in [-0.25, -0.2) is 4.39 Å². The summed E-state index contributed by atoms with van der Waals surface area (Å²) < 4.78 is 18.5. The van der Waals surface area contributed by atoms with Crippen molar-refractivity contribution in [3.05, 3.63) is 29.6 Å². The molecule has 0 aliphatic carbocycles. The van der Waals surface area contributed by atoms with E-state index in [0.717, 1.165) is 13.0 Å². The van der Waals surface area contributed by atoms with Crippen molar-refractivity contribution in [3.8, 4) is 11.8 Å². The van der Waals surface area contributed by atoms with Crippen molar-refractivity contribution in [1.29, 1.82) is 5.26 Å². The van der Waals surface area contributed by atoms with Gasteiger partial charge in [-0.15, -0.1) is 0 Å². The van der Waals surface area contributed by atoms with Crippen LogP contribution in [0.4, 0.5) is 4.39 Å². The fraction of sp³-hybridized carbons (Fsp3) is 0.500. The van der Waals surface area contributed by atoms with Gasteiger partial charge in [-0.3, -0.25) is 0 Å². The number of ether oxygens (including phenoxy) is 1. The molecule has 0 saturated carbocycles. The van der Waals surface area contributed by atoms with E-state index in [0.29, 0.717) is 18.4 Å². The summed E-state index contributed by atoms with van der Waals surface area (Å²) in [4.78, 5) is 0. The number of halogens is 1. The molecule has 1 heterocycles. The van der Waals surface area contributed by atoms with Crippen molar-refractivity contribution in [2.75, 3.05) is 13.2 Å². The van der Waals surface area contributed by atoms with E-state index in [9.17, 15) is 4.39 Å². The minimum absolute atomic E-state index is 0.256. The number of nitriles is 1. The molecule has 0 spiro atoms. The summed E-state index contributed by atoms with van der Waals surface area (Å²) in [7, 11) is 0. The predicted octanol–water partition coefficient (Wildman–Crippen LogP) is 2.61. The second kappa shape index (κ2) is 6.36. The highest BCUT2D eigenvalue weighted by Crippen LogP contribution is 2.19. The zero-order valence-electron chi connectivity index (χ0n) is 10.3. The smallest absolute Gasteiger partial charge is 0.137 e. The van der Waals surface area contributed by atoms with Gasteiger partial charge in [0, 0.05) is 6.04 Å². The Morgan fingerprint density at radius 1 is 1.44 bits per heavy atom.